The summed E-state index contributed by atoms with van der Waals surface area (Å²) in [6, 6.07) is 4.28. The van der Waals surface area contributed by atoms with E-state index in [-0.39, 0.29) is 12.2 Å². The van der Waals surface area contributed by atoms with Crippen LogP contribution in [0.1, 0.15) is 44.5 Å². The van der Waals surface area contributed by atoms with Crippen molar-refractivity contribution in [3.8, 4) is 5.75 Å². The number of carboxylic acid groups (broad SMARTS) is 1. The van der Waals surface area contributed by atoms with E-state index in [1.54, 1.807) is 0 Å². The molecule has 0 saturated carbocycles. The zero-order chi connectivity index (χ0) is 15.3. The molecule has 0 saturated heterocycles. The first-order chi connectivity index (χ1) is 9.13. The van der Waals surface area contributed by atoms with Gasteiger partial charge in [-0.3, -0.25) is 0 Å². The van der Waals surface area contributed by atoms with Gasteiger partial charge in [-0.2, -0.15) is 0 Å². The van der Waals surface area contributed by atoms with Crippen molar-refractivity contribution in [3.63, 3.8) is 0 Å². The molecule has 2 N–H and O–H groups in total. The standard InChI is InChI=1S/C10H11ClO4.2C2H6/c11-8-4-7(10(13)14)5-9(6-8)15-3-1-2-12;2*1-2/h4-6,12H,1-3H2,(H,13,14);2*1-2H3. The summed E-state index contributed by atoms with van der Waals surface area (Å²) >= 11 is 5.71. The molecule has 0 unspecified atom stereocenters. The first-order valence-electron chi connectivity index (χ1n) is 6.41. The molecule has 5 heteroatoms. The van der Waals surface area contributed by atoms with E-state index in [2.05, 4.69) is 0 Å². The van der Waals surface area contributed by atoms with Gasteiger partial charge in [0.2, 0.25) is 0 Å². The van der Waals surface area contributed by atoms with Gasteiger partial charge in [0, 0.05) is 18.1 Å². The number of carboxylic acids is 1. The van der Waals surface area contributed by atoms with E-state index in [1.807, 2.05) is 27.7 Å². The van der Waals surface area contributed by atoms with E-state index in [0.717, 1.165) is 0 Å². The fraction of sp³-hybridized carbons (Fsp3) is 0.500. The monoisotopic (exact) mass is 290 g/mol. The third-order valence-electron chi connectivity index (χ3n) is 1.69. The fourth-order valence-corrected chi connectivity index (χ4v) is 1.25. The largest absolute Gasteiger partial charge is 0.493 e. The average molecular weight is 291 g/mol. The third kappa shape index (κ3) is 9.33. The third-order valence-corrected chi connectivity index (χ3v) is 1.91. The number of benzene rings is 1. The zero-order valence-electron chi connectivity index (χ0n) is 11.9. The van der Waals surface area contributed by atoms with Crippen LogP contribution >= 0.6 is 11.6 Å². The van der Waals surface area contributed by atoms with Gasteiger partial charge in [-0.05, 0) is 18.2 Å². The lowest BCUT2D eigenvalue weighted by molar-refractivity contribution is 0.0696. The van der Waals surface area contributed by atoms with Crippen molar-refractivity contribution in [2.75, 3.05) is 13.2 Å². The highest BCUT2D eigenvalue weighted by atomic mass is 35.5. The van der Waals surface area contributed by atoms with E-state index in [4.69, 9.17) is 26.6 Å². The van der Waals surface area contributed by atoms with Gasteiger partial charge < -0.3 is 14.9 Å². The molecule has 19 heavy (non-hydrogen) atoms. The quantitative estimate of drug-likeness (QED) is 0.808. The van der Waals surface area contributed by atoms with Crippen LogP contribution < -0.4 is 4.74 Å². The normalized spacial score (nSPS) is 8.53. The van der Waals surface area contributed by atoms with Crippen LogP contribution in [0.25, 0.3) is 0 Å². The molecular formula is C14H23ClO4. The summed E-state index contributed by atoms with van der Waals surface area (Å²) in [5.74, 6) is -0.655. The fourth-order valence-electron chi connectivity index (χ4n) is 1.02. The lowest BCUT2D eigenvalue weighted by Crippen LogP contribution is -2.02. The second-order valence-corrected chi connectivity index (χ2v) is 3.34. The number of rotatable bonds is 5. The SMILES string of the molecule is CC.CC.O=C(O)c1cc(Cl)cc(OCCCO)c1. The molecule has 0 amide bonds. The zero-order valence-corrected chi connectivity index (χ0v) is 12.7. The summed E-state index contributed by atoms with van der Waals surface area (Å²) in [7, 11) is 0. The molecule has 4 nitrogen and oxygen atoms in total. The number of hydrogen-bond donors (Lipinski definition) is 2. The van der Waals surface area contributed by atoms with Gasteiger partial charge in [-0.15, -0.1) is 0 Å². The number of ether oxygens (including phenoxy) is 1. The van der Waals surface area contributed by atoms with Gasteiger partial charge in [-0.1, -0.05) is 39.3 Å². The molecule has 1 aromatic carbocycles. The number of hydrogen-bond acceptors (Lipinski definition) is 3. The lowest BCUT2D eigenvalue weighted by Gasteiger charge is -2.06. The minimum absolute atomic E-state index is 0.0341. The van der Waals surface area contributed by atoms with Crippen LogP contribution in [0.5, 0.6) is 5.75 Å². The molecule has 0 spiro atoms. The van der Waals surface area contributed by atoms with Crippen LogP contribution in [0.15, 0.2) is 18.2 Å². The van der Waals surface area contributed by atoms with Crippen molar-refractivity contribution in [1.29, 1.82) is 0 Å². The Kier molecular flexibility index (Phi) is 13.9. The summed E-state index contributed by atoms with van der Waals surface area (Å²) in [6.45, 7) is 8.36. The van der Waals surface area contributed by atoms with E-state index in [0.29, 0.717) is 23.8 Å². The maximum absolute atomic E-state index is 10.7. The summed E-state index contributed by atoms with van der Waals surface area (Å²) in [5.41, 5.74) is 0.0847. The summed E-state index contributed by atoms with van der Waals surface area (Å²) in [6.07, 6.45) is 0.495. The smallest absolute Gasteiger partial charge is 0.335 e. The van der Waals surface area contributed by atoms with Gasteiger partial charge in [-0.25, -0.2) is 4.79 Å². The predicted molar refractivity (Wildman–Crippen MR) is 78.3 cm³/mol. The van der Waals surface area contributed by atoms with Crippen LogP contribution in [-0.2, 0) is 0 Å². The van der Waals surface area contributed by atoms with Crippen molar-refractivity contribution in [1.82, 2.24) is 0 Å². The molecule has 0 radical (unpaired) electrons. The molecule has 0 fully saturated rings. The van der Waals surface area contributed by atoms with E-state index in [9.17, 15) is 4.79 Å². The lowest BCUT2D eigenvalue weighted by atomic mass is 10.2. The Bertz CT molecular complexity index is 353. The highest BCUT2D eigenvalue weighted by molar-refractivity contribution is 6.31. The molecule has 0 aliphatic heterocycles. The molecule has 0 heterocycles. The second kappa shape index (κ2) is 13.2. The summed E-state index contributed by atoms with van der Waals surface area (Å²) in [5, 5.41) is 17.6. The maximum atomic E-state index is 10.7. The van der Waals surface area contributed by atoms with Crippen LogP contribution in [-0.4, -0.2) is 29.4 Å². The molecule has 110 valence electrons. The molecule has 1 aromatic rings. The Morgan fingerprint density at radius 3 is 2.26 bits per heavy atom. The maximum Gasteiger partial charge on any atom is 0.335 e. The van der Waals surface area contributed by atoms with E-state index < -0.39 is 5.97 Å². The van der Waals surface area contributed by atoms with Gasteiger partial charge in [0.05, 0.1) is 12.2 Å². The Morgan fingerprint density at radius 2 is 1.79 bits per heavy atom. The van der Waals surface area contributed by atoms with Crippen LogP contribution in [0.3, 0.4) is 0 Å². The first kappa shape index (κ1) is 20.1. The predicted octanol–water partition coefficient (Wildman–Crippen LogP) is 3.85. The van der Waals surface area contributed by atoms with Crippen molar-refractivity contribution >= 4 is 17.6 Å². The van der Waals surface area contributed by atoms with Gasteiger partial charge in [0.1, 0.15) is 5.75 Å². The molecule has 0 aliphatic rings. The minimum Gasteiger partial charge on any atom is -0.493 e. The molecule has 0 atom stereocenters. The highest BCUT2D eigenvalue weighted by Gasteiger charge is 2.06. The molecule has 0 aromatic heterocycles. The number of aliphatic hydroxyl groups excluding tert-OH is 1. The number of carbonyl (C=O) groups is 1. The molecule has 0 aliphatic carbocycles. The van der Waals surface area contributed by atoms with Crippen LogP contribution in [0.4, 0.5) is 0 Å². The Balaban J connectivity index is 0. The van der Waals surface area contributed by atoms with Crippen LogP contribution in [0, 0.1) is 0 Å². The molecule has 0 bridgehead atoms. The Labute approximate surface area is 120 Å². The number of aliphatic hydroxyl groups is 1. The topological polar surface area (TPSA) is 66.8 Å². The van der Waals surface area contributed by atoms with Crippen molar-refractivity contribution in [3.05, 3.63) is 28.8 Å². The van der Waals surface area contributed by atoms with Gasteiger partial charge in [0.15, 0.2) is 0 Å². The van der Waals surface area contributed by atoms with Crippen molar-refractivity contribution in [2.45, 2.75) is 34.1 Å². The van der Waals surface area contributed by atoms with Crippen molar-refractivity contribution < 1.29 is 19.7 Å². The van der Waals surface area contributed by atoms with Crippen molar-refractivity contribution in [2.24, 2.45) is 0 Å². The minimum atomic E-state index is -1.05. The molecular weight excluding hydrogens is 268 g/mol. The number of aromatic carboxylic acids is 1. The van der Waals surface area contributed by atoms with Gasteiger partial charge in [0.25, 0.3) is 0 Å². The van der Waals surface area contributed by atoms with Crippen LogP contribution in [0.2, 0.25) is 5.02 Å². The van der Waals surface area contributed by atoms with Gasteiger partial charge >= 0.3 is 5.97 Å². The second-order valence-electron chi connectivity index (χ2n) is 2.91. The van der Waals surface area contributed by atoms with E-state index >= 15 is 0 Å². The average Bonchev–Trinajstić information content (AvgIpc) is 2.43. The number of halogens is 1. The molecule has 1 rings (SSSR count). The highest BCUT2D eigenvalue weighted by Crippen LogP contribution is 2.21. The Hall–Kier alpha value is -1.26. The summed E-state index contributed by atoms with van der Waals surface area (Å²) in [4.78, 5) is 10.7. The summed E-state index contributed by atoms with van der Waals surface area (Å²) < 4.78 is 5.21. The first-order valence-corrected chi connectivity index (χ1v) is 6.79. The Morgan fingerprint density at radius 1 is 1.21 bits per heavy atom. The van der Waals surface area contributed by atoms with E-state index in [1.165, 1.54) is 18.2 Å².